The number of ether oxygens (including phenoxy) is 3. The first kappa shape index (κ1) is 51.7. The molecule has 10 bridgehead atoms. The van der Waals surface area contributed by atoms with Crippen molar-refractivity contribution in [3.05, 3.63) is 193 Å². The van der Waals surface area contributed by atoms with E-state index in [0.717, 1.165) is 50.1 Å². The Kier molecular flexibility index (Phi) is 17.8. The lowest BCUT2D eigenvalue weighted by Crippen LogP contribution is -2.44. The minimum atomic E-state index is -0.295. The standard InChI is InChI=1S/C57H60Cl3N7O6/c58-49-22-43-31-65(28-40-10-4-1-5-11-40)32-44-23-50(59)25-46-34-67(30-42-14-8-3-9-15-42)36-48-27-51(60)26-47-35-66(29-41-12-6-2-7-13-41)33-45(24-49)55(43)71-37-52(68)61-16-19-64(20-17-62-53(69)38-72-56(44)46)21-18-63-54(70)39-73-57(47)48/h1-15,22-27H,16-21,28-39H2,(H,61,68)(H,62,69)(H,63,70). The highest BCUT2D eigenvalue weighted by Gasteiger charge is 2.26. The fraction of sp³-hybridized carbons (Fsp3) is 0.316. The van der Waals surface area contributed by atoms with Gasteiger partial charge in [0.15, 0.2) is 19.8 Å². The maximum absolute atomic E-state index is 13.8. The van der Waals surface area contributed by atoms with Crippen molar-refractivity contribution in [1.29, 1.82) is 0 Å². The zero-order chi connectivity index (χ0) is 50.5. The Balaban J connectivity index is 1.28. The van der Waals surface area contributed by atoms with Crippen LogP contribution in [0, 0.1) is 0 Å². The number of nitrogens with one attached hydrogen (secondary N) is 3. The van der Waals surface area contributed by atoms with E-state index < -0.39 is 0 Å². The van der Waals surface area contributed by atoms with Crippen molar-refractivity contribution >= 4 is 52.5 Å². The van der Waals surface area contributed by atoms with Gasteiger partial charge in [0.2, 0.25) is 0 Å². The molecule has 73 heavy (non-hydrogen) atoms. The minimum Gasteiger partial charge on any atom is -0.483 e. The van der Waals surface area contributed by atoms with Crippen LogP contribution in [0.1, 0.15) is 50.1 Å². The molecule has 16 heteroatoms. The summed E-state index contributed by atoms with van der Waals surface area (Å²) in [5.74, 6) is 0.737. The third kappa shape index (κ3) is 14.8. The lowest BCUT2D eigenvalue weighted by atomic mass is 10.0. The van der Waals surface area contributed by atoms with E-state index in [2.05, 4.69) is 71.9 Å². The number of hydrogen-bond acceptors (Lipinski definition) is 10. The molecule has 0 spiro atoms. The normalized spacial score (nSPS) is 17.4. The van der Waals surface area contributed by atoms with E-state index in [0.29, 0.717) is 130 Å². The molecule has 3 amide bonds. The van der Waals surface area contributed by atoms with Gasteiger partial charge in [0.05, 0.1) is 0 Å². The number of halogens is 3. The monoisotopic (exact) mass is 1040 g/mol. The average molecular weight is 1050 g/mol. The minimum absolute atomic E-state index is 0.254. The summed E-state index contributed by atoms with van der Waals surface area (Å²) < 4.78 is 20.2. The summed E-state index contributed by atoms with van der Waals surface area (Å²) in [5, 5.41) is 10.6. The SMILES string of the molecule is O=C1COc2c3cc(Cl)cc2CN(Cc2ccccc2)Cc2cc(Cl)cc4c2OCC(=O)NCCN(CCN1)CCNC(=O)COc1c(cc(Cl)cc1CN(Cc1ccccc1)C4)CN(Cc1ccccc1)C3. The third-order valence-corrected chi connectivity index (χ3v) is 13.7. The highest BCUT2D eigenvalue weighted by Crippen LogP contribution is 2.38. The third-order valence-electron chi connectivity index (χ3n) is 13.0. The Morgan fingerprint density at radius 1 is 0.384 bits per heavy atom. The molecule has 0 fully saturated rings. The van der Waals surface area contributed by atoms with Crippen molar-refractivity contribution in [1.82, 2.24) is 35.6 Å². The fourth-order valence-electron chi connectivity index (χ4n) is 9.83. The maximum atomic E-state index is 13.8. The smallest absolute Gasteiger partial charge is 0.257 e. The van der Waals surface area contributed by atoms with E-state index in [9.17, 15) is 14.4 Å². The van der Waals surface area contributed by atoms with Gasteiger partial charge in [0, 0.05) is 147 Å². The zero-order valence-electron chi connectivity index (χ0n) is 40.7. The van der Waals surface area contributed by atoms with E-state index in [-0.39, 0.29) is 37.5 Å². The largest absolute Gasteiger partial charge is 0.483 e. The predicted molar refractivity (Wildman–Crippen MR) is 284 cm³/mol. The summed E-state index contributed by atoms with van der Waals surface area (Å²) >= 11 is 21.5. The van der Waals surface area contributed by atoms with Crippen LogP contribution in [0.15, 0.2) is 127 Å². The van der Waals surface area contributed by atoms with Crippen molar-refractivity contribution in [3.8, 4) is 17.2 Å². The van der Waals surface area contributed by atoms with Crippen molar-refractivity contribution < 1.29 is 28.6 Å². The van der Waals surface area contributed by atoms with Crippen LogP contribution >= 0.6 is 34.8 Å². The molecule has 10 rings (SSSR count). The molecular weight excluding hydrogens is 985 g/mol. The second-order valence-electron chi connectivity index (χ2n) is 18.8. The van der Waals surface area contributed by atoms with Gasteiger partial charge >= 0.3 is 0 Å². The van der Waals surface area contributed by atoms with Crippen LogP contribution in [-0.4, -0.2) is 96.4 Å². The molecule has 6 aromatic rings. The van der Waals surface area contributed by atoms with Crippen LogP contribution in [0.25, 0.3) is 0 Å². The van der Waals surface area contributed by atoms with Crippen LogP contribution in [0.3, 0.4) is 0 Å². The molecule has 0 saturated carbocycles. The second-order valence-corrected chi connectivity index (χ2v) is 20.1. The van der Waals surface area contributed by atoms with Crippen LogP contribution in [0.4, 0.5) is 0 Å². The Hall–Kier alpha value is -6.16. The molecule has 13 nitrogen and oxygen atoms in total. The zero-order valence-corrected chi connectivity index (χ0v) is 43.0. The van der Waals surface area contributed by atoms with Crippen LogP contribution in [0.5, 0.6) is 17.2 Å². The van der Waals surface area contributed by atoms with Crippen LogP contribution in [-0.2, 0) is 73.3 Å². The molecule has 0 radical (unpaired) electrons. The first-order valence-electron chi connectivity index (χ1n) is 24.7. The van der Waals surface area contributed by atoms with Gasteiger partial charge in [-0.15, -0.1) is 0 Å². The molecule has 3 N–H and O–H groups in total. The molecule has 4 aliphatic heterocycles. The van der Waals surface area contributed by atoms with E-state index in [1.807, 2.05) is 91.0 Å². The summed E-state index contributed by atoms with van der Waals surface area (Å²) in [6, 6.07) is 42.1. The Bertz CT molecular complexity index is 2470. The van der Waals surface area contributed by atoms with Crippen LogP contribution < -0.4 is 30.2 Å². The van der Waals surface area contributed by atoms with Gasteiger partial charge < -0.3 is 30.2 Å². The summed E-state index contributed by atoms with van der Waals surface area (Å²) in [4.78, 5) is 50.3. The molecule has 0 aromatic heterocycles. The lowest BCUT2D eigenvalue weighted by molar-refractivity contribution is -0.123. The van der Waals surface area contributed by atoms with E-state index in [1.165, 1.54) is 0 Å². The quantitative estimate of drug-likeness (QED) is 0.150. The molecule has 0 unspecified atom stereocenters. The molecule has 0 saturated heterocycles. The number of benzene rings is 6. The predicted octanol–water partition coefficient (Wildman–Crippen LogP) is 8.38. The van der Waals surface area contributed by atoms with E-state index in [4.69, 9.17) is 49.0 Å². The van der Waals surface area contributed by atoms with E-state index >= 15 is 0 Å². The van der Waals surface area contributed by atoms with Gasteiger partial charge in [0.25, 0.3) is 17.7 Å². The van der Waals surface area contributed by atoms with Gasteiger partial charge in [-0.3, -0.25) is 34.0 Å². The molecule has 0 atom stereocenters. The Morgan fingerprint density at radius 2 is 0.630 bits per heavy atom. The molecule has 380 valence electrons. The number of rotatable bonds is 6. The van der Waals surface area contributed by atoms with Gasteiger partial charge in [-0.1, -0.05) is 126 Å². The van der Waals surface area contributed by atoms with Crippen molar-refractivity contribution in [2.45, 2.75) is 58.9 Å². The highest BCUT2D eigenvalue weighted by atomic mass is 35.5. The summed E-state index contributed by atoms with van der Waals surface area (Å²) in [5.41, 5.74) is 7.83. The van der Waals surface area contributed by atoms with Crippen molar-refractivity contribution in [3.63, 3.8) is 0 Å². The van der Waals surface area contributed by atoms with Gasteiger partial charge in [-0.2, -0.15) is 0 Å². The lowest BCUT2D eigenvalue weighted by Gasteiger charge is -2.30. The second kappa shape index (κ2) is 25.2. The first-order chi connectivity index (χ1) is 35.6. The maximum Gasteiger partial charge on any atom is 0.257 e. The highest BCUT2D eigenvalue weighted by molar-refractivity contribution is 6.31. The summed E-state index contributed by atoms with van der Waals surface area (Å²) in [7, 11) is 0. The topological polar surface area (TPSA) is 128 Å². The average Bonchev–Trinajstić information content (AvgIpc) is 3.35. The van der Waals surface area contributed by atoms with Crippen LogP contribution in [0.2, 0.25) is 15.1 Å². The molecule has 6 aromatic carbocycles. The van der Waals surface area contributed by atoms with Gasteiger partial charge in [-0.05, 0) is 53.1 Å². The molecule has 4 aliphatic rings. The number of nitrogens with zero attached hydrogens (tertiary/aromatic N) is 4. The Labute approximate surface area is 442 Å². The number of fused-ring (bicyclic) bond motifs is 21. The number of carbonyl (C=O) groups excluding carboxylic acids is 3. The van der Waals surface area contributed by atoms with Crippen molar-refractivity contribution in [2.24, 2.45) is 0 Å². The Morgan fingerprint density at radius 3 is 0.877 bits per heavy atom. The molecular formula is C57H60Cl3N7O6. The molecule has 0 aliphatic carbocycles. The number of hydrogen-bond donors (Lipinski definition) is 3. The van der Waals surface area contributed by atoms with Gasteiger partial charge in [0.1, 0.15) is 17.2 Å². The number of carbonyl (C=O) groups is 3. The summed E-state index contributed by atoms with van der Waals surface area (Å²) in [6.45, 7) is 5.05. The van der Waals surface area contributed by atoms with Gasteiger partial charge in [-0.25, -0.2) is 0 Å². The number of amides is 3. The first-order valence-corrected chi connectivity index (χ1v) is 25.8. The summed E-state index contributed by atoms with van der Waals surface area (Å²) in [6.07, 6.45) is 0. The fourth-order valence-corrected chi connectivity index (χ4v) is 10.6. The van der Waals surface area contributed by atoms with E-state index in [1.54, 1.807) is 0 Å². The molecule has 4 heterocycles. The van der Waals surface area contributed by atoms with Crippen molar-refractivity contribution in [2.75, 3.05) is 59.1 Å².